The molecule has 0 aliphatic rings. The van der Waals surface area contributed by atoms with Gasteiger partial charge in [-0.2, -0.15) is 0 Å². The van der Waals surface area contributed by atoms with E-state index in [0.717, 1.165) is 0 Å². The summed E-state index contributed by atoms with van der Waals surface area (Å²) in [6.07, 6.45) is 0. The average Bonchev–Trinajstić information content (AvgIpc) is 1.64. The molecule has 0 bridgehead atoms. The molecular weight excluding hydrogens is 133 g/mol. The van der Waals surface area contributed by atoms with Crippen LogP contribution in [0.15, 0.2) is 0 Å². The van der Waals surface area contributed by atoms with Gasteiger partial charge in [0.15, 0.2) is 0 Å². The summed E-state index contributed by atoms with van der Waals surface area (Å²) in [6, 6.07) is -0.713. The molecule has 0 aliphatic carbocycles. The second-order valence-corrected chi connectivity index (χ2v) is 2.11. The summed E-state index contributed by atoms with van der Waals surface area (Å²) in [4.78, 5) is 10.0. The smallest absolute Gasteiger partial charge is 0.480 e. The molecule has 3 N–H and O–H groups in total. The van der Waals surface area contributed by atoms with Crippen LogP contribution in [-0.2, 0) is 4.79 Å². The maximum Gasteiger partial charge on any atom is 3.00 e. The van der Waals surface area contributed by atoms with Crippen molar-refractivity contribution in [2.45, 2.75) is 19.9 Å². The molecule has 1 unspecified atom stereocenters. The van der Waals surface area contributed by atoms with Crippen LogP contribution < -0.4 is 5.73 Å². The van der Waals surface area contributed by atoms with E-state index < -0.39 is 12.0 Å². The first kappa shape index (κ1) is 11.7. The summed E-state index contributed by atoms with van der Waals surface area (Å²) in [7, 11) is 0. The van der Waals surface area contributed by atoms with E-state index in [1.54, 1.807) is 13.8 Å². The van der Waals surface area contributed by atoms with Crippen molar-refractivity contribution in [1.29, 1.82) is 0 Å². The van der Waals surface area contributed by atoms with Gasteiger partial charge in [-0.15, -0.1) is 0 Å². The van der Waals surface area contributed by atoms with Crippen molar-refractivity contribution < 1.29 is 9.90 Å². The number of nitrogens with two attached hydrogens (primary N) is 1. The van der Waals surface area contributed by atoms with E-state index in [9.17, 15) is 4.79 Å². The number of aliphatic carboxylic acids is 1. The normalized spacial score (nSPS) is 12.4. The number of carboxylic acids is 1. The minimum Gasteiger partial charge on any atom is -0.480 e. The Bertz CT molecular complexity index is 95.0. The zero-order chi connectivity index (χ0) is 6.73. The summed E-state index contributed by atoms with van der Waals surface area (Å²) in [5.74, 6) is -0.910. The van der Waals surface area contributed by atoms with Crippen LogP contribution in [-0.4, -0.2) is 34.5 Å². The van der Waals surface area contributed by atoms with Gasteiger partial charge in [0.1, 0.15) is 6.04 Å². The topological polar surface area (TPSA) is 63.3 Å². The predicted molar refractivity (Wildman–Crippen MR) is 36.2 cm³/mol. The van der Waals surface area contributed by atoms with Crippen LogP contribution in [0.2, 0.25) is 0 Å². The Morgan fingerprint density at radius 1 is 1.56 bits per heavy atom. The molecule has 0 rings (SSSR count). The summed E-state index contributed by atoms with van der Waals surface area (Å²) in [6.45, 7) is 3.55. The molecule has 0 fully saturated rings. The molecule has 0 radical (unpaired) electrons. The fourth-order valence-corrected chi connectivity index (χ4v) is 0.285. The Hall–Kier alpha value is -0.0375. The molecule has 0 heterocycles. The van der Waals surface area contributed by atoms with E-state index in [1.807, 2.05) is 0 Å². The molecule has 0 saturated heterocycles. The van der Waals surface area contributed by atoms with E-state index in [-0.39, 0.29) is 23.3 Å². The first-order valence-corrected chi connectivity index (χ1v) is 2.54. The van der Waals surface area contributed by atoms with Gasteiger partial charge in [0.05, 0.1) is 0 Å². The number of carbonyl (C=O) groups is 1. The fourth-order valence-electron chi connectivity index (χ4n) is 0.285. The van der Waals surface area contributed by atoms with E-state index in [1.165, 1.54) is 0 Å². The van der Waals surface area contributed by atoms with Crippen LogP contribution in [0.3, 0.4) is 0 Å². The molecule has 0 spiro atoms. The number of hydrogen-bond donors (Lipinski definition) is 2. The van der Waals surface area contributed by atoms with Gasteiger partial charge in [0.25, 0.3) is 0 Å². The van der Waals surface area contributed by atoms with E-state index in [2.05, 4.69) is 0 Å². The Balaban J connectivity index is 0. The second kappa shape index (κ2) is 4.81. The summed E-state index contributed by atoms with van der Waals surface area (Å²) < 4.78 is 0. The molecule has 0 aromatic heterocycles. The molecule has 0 aromatic rings. The molecule has 9 heavy (non-hydrogen) atoms. The third kappa shape index (κ3) is 4.46. The van der Waals surface area contributed by atoms with Crippen LogP contribution in [0.5, 0.6) is 0 Å². The van der Waals surface area contributed by atoms with Gasteiger partial charge in [-0.3, -0.25) is 4.79 Å². The van der Waals surface area contributed by atoms with Gasteiger partial charge >= 0.3 is 23.3 Å². The molecule has 3 nitrogen and oxygen atoms in total. The van der Waals surface area contributed by atoms with E-state index >= 15 is 0 Å². The second-order valence-electron chi connectivity index (χ2n) is 2.11. The minimum absolute atomic E-state index is 0. The first-order chi connectivity index (χ1) is 3.55. The van der Waals surface area contributed by atoms with Crippen molar-refractivity contribution >= 4 is 23.3 Å². The largest absolute Gasteiger partial charge is 3.00 e. The number of carboxylic acid groups (broad SMARTS) is 1. The molecule has 48 valence electrons. The first-order valence-electron chi connectivity index (χ1n) is 2.54. The molecule has 4 heteroatoms. The molecule has 0 amide bonds. The Morgan fingerprint density at radius 3 is 1.89 bits per heavy atom. The predicted octanol–water partition coefficient (Wildman–Crippen LogP) is -0.327. The van der Waals surface area contributed by atoms with Crippen molar-refractivity contribution in [2.75, 3.05) is 0 Å². The zero-order valence-corrected chi connectivity index (χ0v) is 6.82. The molecular formula is C5H11AlNO2+3. The molecule has 0 aliphatic heterocycles. The number of hydrogen-bond acceptors (Lipinski definition) is 2. The SMILES string of the molecule is CC(C)C(N)C(=O)O.[Al+3]. The average molecular weight is 144 g/mol. The minimum atomic E-state index is -0.931. The zero-order valence-electron chi connectivity index (χ0n) is 5.66. The summed E-state index contributed by atoms with van der Waals surface area (Å²) >= 11 is 0. The fraction of sp³-hybridized carbons (Fsp3) is 0.800. The van der Waals surface area contributed by atoms with Gasteiger partial charge < -0.3 is 10.8 Å². The summed E-state index contributed by atoms with van der Waals surface area (Å²) in [5.41, 5.74) is 5.16. The van der Waals surface area contributed by atoms with Gasteiger partial charge in [0.2, 0.25) is 0 Å². The monoisotopic (exact) mass is 144 g/mol. The van der Waals surface area contributed by atoms with Gasteiger partial charge in [-0.25, -0.2) is 0 Å². The number of rotatable bonds is 2. The quantitative estimate of drug-likeness (QED) is 0.522. The van der Waals surface area contributed by atoms with Crippen LogP contribution in [0, 0.1) is 5.92 Å². The molecule has 1 atom stereocenters. The van der Waals surface area contributed by atoms with Crippen LogP contribution in [0.4, 0.5) is 0 Å². The van der Waals surface area contributed by atoms with Gasteiger partial charge in [-0.05, 0) is 5.92 Å². The Labute approximate surface area is 65.4 Å². The van der Waals surface area contributed by atoms with Crippen molar-refractivity contribution in [3.05, 3.63) is 0 Å². The maximum atomic E-state index is 10.0. The Kier molecular flexibility index (Phi) is 6.26. The molecule has 0 aromatic carbocycles. The van der Waals surface area contributed by atoms with Crippen molar-refractivity contribution in [3.8, 4) is 0 Å². The van der Waals surface area contributed by atoms with Gasteiger partial charge in [0, 0.05) is 0 Å². The van der Waals surface area contributed by atoms with Crippen molar-refractivity contribution in [3.63, 3.8) is 0 Å². The van der Waals surface area contributed by atoms with Crippen LogP contribution >= 0.6 is 0 Å². The van der Waals surface area contributed by atoms with Crippen molar-refractivity contribution in [1.82, 2.24) is 0 Å². The standard InChI is InChI=1S/C5H11NO2.Al/c1-3(2)4(6)5(7)8;/h3-4H,6H2,1-2H3,(H,7,8);/q;+3. The summed E-state index contributed by atoms with van der Waals surface area (Å²) in [5, 5.41) is 8.23. The third-order valence-corrected chi connectivity index (χ3v) is 1.00. The van der Waals surface area contributed by atoms with Crippen LogP contribution in [0.25, 0.3) is 0 Å². The third-order valence-electron chi connectivity index (χ3n) is 1.00. The van der Waals surface area contributed by atoms with E-state index in [0.29, 0.717) is 0 Å². The van der Waals surface area contributed by atoms with Crippen molar-refractivity contribution in [2.24, 2.45) is 11.7 Å². The van der Waals surface area contributed by atoms with Crippen LogP contribution in [0.1, 0.15) is 13.8 Å². The maximum absolute atomic E-state index is 10.0. The Morgan fingerprint density at radius 2 is 1.89 bits per heavy atom. The van der Waals surface area contributed by atoms with Gasteiger partial charge in [-0.1, -0.05) is 13.8 Å². The molecule has 0 saturated carbocycles. The van der Waals surface area contributed by atoms with E-state index in [4.69, 9.17) is 10.8 Å².